The van der Waals surface area contributed by atoms with E-state index in [1.165, 1.54) is 0 Å². The Hall–Kier alpha value is -2.01. The summed E-state index contributed by atoms with van der Waals surface area (Å²) in [5.74, 6) is -1.38. The summed E-state index contributed by atoms with van der Waals surface area (Å²) in [7, 11) is 0. The van der Waals surface area contributed by atoms with Crippen molar-refractivity contribution < 1.29 is 28.2 Å². The summed E-state index contributed by atoms with van der Waals surface area (Å²) >= 11 is 2.93. The molecule has 4 atom stereocenters. The molecule has 0 bridgehead atoms. The van der Waals surface area contributed by atoms with Crippen LogP contribution in [0, 0.1) is 0 Å². The average Bonchev–Trinajstić information content (AvgIpc) is 2.77. The van der Waals surface area contributed by atoms with E-state index in [1.807, 2.05) is 4.98 Å². The van der Waals surface area contributed by atoms with E-state index in [9.17, 15) is 23.6 Å². The van der Waals surface area contributed by atoms with Gasteiger partial charge < -0.3 is 14.2 Å². The SMILES string of the molecule is CC(=O)OC[C@H]1O[C@@H](n2cc(Br)c(=O)[nH]c2=O)C(F)C1OC(C)=O. The van der Waals surface area contributed by atoms with E-state index >= 15 is 0 Å². The summed E-state index contributed by atoms with van der Waals surface area (Å²) < 4.78 is 30.5. The number of H-pyrrole nitrogens is 1. The molecule has 24 heavy (non-hydrogen) atoms. The largest absolute Gasteiger partial charge is 0.463 e. The Morgan fingerprint density at radius 3 is 2.62 bits per heavy atom. The van der Waals surface area contributed by atoms with Gasteiger partial charge in [0.15, 0.2) is 18.5 Å². The molecule has 1 aromatic heterocycles. The third-order valence-corrected chi connectivity index (χ3v) is 3.78. The Morgan fingerprint density at radius 1 is 1.38 bits per heavy atom. The van der Waals surface area contributed by atoms with Crippen molar-refractivity contribution in [2.45, 2.75) is 38.5 Å². The number of aromatic amines is 1. The Balaban J connectivity index is 2.33. The fourth-order valence-electron chi connectivity index (χ4n) is 2.23. The third kappa shape index (κ3) is 3.90. The lowest BCUT2D eigenvalue weighted by Crippen LogP contribution is -2.38. The molecule has 132 valence electrons. The molecule has 9 nitrogen and oxygen atoms in total. The van der Waals surface area contributed by atoms with Crippen LogP contribution in [0.1, 0.15) is 20.1 Å². The zero-order valence-corrected chi connectivity index (χ0v) is 14.2. The summed E-state index contributed by atoms with van der Waals surface area (Å²) in [6.07, 6.45) is -4.78. The van der Waals surface area contributed by atoms with Crippen LogP contribution in [-0.2, 0) is 23.8 Å². The smallest absolute Gasteiger partial charge is 0.330 e. The van der Waals surface area contributed by atoms with Gasteiger partial charge in [0.1, 0.15) is 12.7 Å². The first-order valence-corrected chi connectivity index (χ1v) is 7.61. The van der Waals surface area contributed by atoms with Crippen molar-refractivity contribution in [3.8, 4) is 0 Å². The normalized spacial score (nSPS) is 26.2. The number of hydrogen-bond acceptors (Lipinski definition) is 7. The molecule has 2 rings (SSSR count). The van der Waals surface area contributed by atoms with E-state index in [0.29, 0.717) is 0 Å². The second-order valence-corrected chi connectivity index (χ2v) is 5.88. The molecule has 0 saturated carbocycles. The quantitative estimate of drug-likeness (QED) is 0.698. The van der Waals surface area contributed by atoms with Crippen molar-refractivity contribution in [1.29, 1.82) is 0 Å². The molecular formula is C13H14BrFN2O7. The van der Waals surface area contributed by atoms with Crippen molar-refractivity contribution in [1.82, 2.24) is 9.55 Å². The Labute approximate surface area is 142 Å². The zero-order chi connectivity index (χ0) is 18.0. The summed E-state index contributed by atoms with van der Waals surface area (Å²) in [6, 6.07) is 0. The molecule has 0 aromatic carbocycles. The molecule has 0 spiro atoms. The molecule has 0 amide bonds. The first-order valence-electron chi connectivity index (χ1n) is 6.81. The highest BCUT2D eigenvalue weighted by Crippen LogP contribution is 2.33. The Bertz CT molecular complexity index is 761. The molecule has 1 aromatic rings. The van der Waals surface area contributed by atoms with Crippen LogP contribution >= 0.6 is 15.9 Å². The molecule has 0 aliphatic carbocycles. The Kier molecular flexibility index (Phi) is 5.54. The first kappa shape index (κ1) is 18.3. The Morgan fingerprint density at radius 2 is 2.04 bits per heavy atom. The van der Waals surface area contributed by atoms with Crippen LogP contribution in [0.5, 0.6) is 0 Å². The van der Waals surface area contributed by atoms with Crippen LogP contribution in [0.2, 0.25) is 0 Å². The fraction of sp³-hybridized carbons (Fsp3) is 0.538. The standard InChI is InChI=1S/C13H14BrFN2O7/c1-5(18)22-4-8-10(23-6(2)19)9(15)12(24-8)17-3-7(14)11(20)16-13(17)21/h3,8-10,12H,4H2,1-2H3,(H,16,20,21)/t8-,9?,10?,12-/m1/s1. The maximum Gasteiger partial charge on any atom is 0.330 e. The molecular weight excluding hydrogens is 395 g/mol. The summed E-state index contributed by atoms with van der Waals surface area (Å²) in [6.45, 7) is 1.89. The van der Waals surface area contributed by atoms with Crippen molar-refractivity contribution in [3.05, 3.63) is 31.5 Å². The van der Waals surface area contributed by atoms with Gasteiger partial charge in [-0.3, -0.25) is 23.9 Å². The van der Waals surface area contributed by atoms with Crippen LogP contribution in [0.4, 0.5) is 4.39 Å². The van der Waals surface area contributed by atoms with Crippen LogP contribution in [0.25, 0.3) is 0 Å². The number of hydrogen-bond donors (Lipinski definition) is 1. The summed E-state index contributed by atoms with van der Waals surface area (Å²) in [4.78, 5) is 47.3. The van der Waals surface area contributed by atoms with Gasteiger partial charge in [0, 0.05) is 20.0 Å². The minimum absolute atomic E-state index is 0.00891. The second-order valence-electron chi connectivity index (χ2n) is 5.03. The highest BCUT2D eigenvalue weighted by molar-refractivity contribution is 9.10. The lowest BCUT2D eigenvalue weighted by Gasteiger charge is -2.18. The van der Waals surface area contributed by atoms with Crippen LogP contribution < -0.4 is 11.2 Å². The molecule has 1 fully saturated rings. The van der Waals surface area contributed by atoms with E-state index in [0.717, 1.165) is 24.6 Å². The lowest BCUT2D eigenvalue weighted by atomic mass is 10.1. The molecule has 1 aliphatic rings. The minimum Gasteiger partial charge on any atom is -0.463 e. The highest BCUT2D eigenvalue weighted by Gasteiger charge is 2.49. The van der Waals surface area contributed by atoms with Gasteiger partial charge in [-0.05, 0) is 15.9 Å². The number of halogens is 2. The van der Waals surface area contributed by atoms with Crippen molar-refractivity contribution in [2.75, 3.05) is 6.61 Å². The van der Waals surface area contributed by atoms with E-state index in [-0.39, 0.29) is 11.1 Å². The third-order valence-electron chi connectivity index (χ3n) is 3.22. The number of esters is 2. The molecule has 2 heterocycles. The molecule has 0 radical (unpaired) electrons. The molecule has 1 aliphatic heterocycles. The van der Waals surface area contributed by atoms with E-state index in [4.69, 9.17) is 14.2 Å². The predicted molar refractivity (Wildman–Crippen MR) is 80.0 cm³/mol. The molecule has 1 N–H and O–H groups in total. The van der Waals surface area contributed by atoms with Crippen molar-refractivity contribution >= 4 is 27.9 Å². The van der Waals surface area contributed by atoms with Gasteiger partial charge in [0.05, 0.1) is 4.47 Å². The highest BCUT2D eigenvalue weighted by atomic mass is 79.9. The molecule has 11 heteroatoms. The number of aromatic nitrogens is 2. The zero-order valence-electron chi connectivity index (χ0n) is 12.7. The topological polar surface area (TPSA) is 117 Å². The molecule has 1 saturated heterocycles. The number of nitrogens with one attached hydrogen (secondary N) is 1. The van der Waals surface area contributed by atoms with Gasteiger partial charge in [-0.2, -0.15) is 0 Å². The van der Waals surface area contributed by atoms with Crippen LogP contribution in [-0.4, -0.2) is 46.5 Å². The lowest BCUT2D eigenvalue weighted by molar-refractivity contribution is -0.156. The monoisotopic (exact) mass is 408 g/mol. The van der Waals surface area contributed by atoms with Gasteiger partial charge in [-0.15, -0.1) is 0 Å². The maximum atomic E-state index is 14.7. The number of alkyl halides is 1. The number of ether oxygens (including phenoxy) is 3. The van der Waals surface area contributed by atoms with E-state index in [2.05, 4.69) is 15.9 Å². The van der Waals surface area contributed by atoms with Gasteiger partial charge in [0.25, 0.3) is 5.56 Å². The summed E-state index contributed by atoms with van der Waals surface area (Å²) in [5.41, 5.74) is -1.58. The average molecular weight is 409 g/mol. The van der Waals surface area contributed by atoms with Gasteiger partial charge in [-0.1, -0.05) is 0 Å². The van der Waals surface area contributed by atoms with E-state index < -0.39 is 47.8 Å². The van der Waals surface area contributed by atoms with E-state index in [1.54, 1.807) is 0 Å². The van der Waals surface area contributed by atoms with Crippen molar-refractivity contribution in [2.24, 2.45) is 0 Å². The van der Waals surface area contributed by atoms with Gasteiger partial charge >= 0.3 is 17.6 Å². The fourth-order valence-corrected chi connectivity index (χ4v) is 2.55. The molecule has 2 unspecified atom stereocenters. The maximum absolute atomic E-state index is 14.7. The minimum atomic E-state index is -1.91. The van der Waals surface area contributed by atoms with Crippen LogP contribution in [0.3, 0.4) is 0 Å². The predicted octanol–water partition coefficient (Wildman–Crippen LogP) is 0.0294. The van der Waals surface area contributed by atoms with Crippen molar-refractivity contribution in [3.63, 3.8) is 0 Å². The number of nitrogens with zero attached hydrogens (tertiary/aromatic N) is 1. The van der Waals surface area contributed by atoms with Crippen LogP contribution in [0.15, 0.2) is 20.3 Å². The number of carbonyl (C=O) groups is 2. The summed E-state index contributed by atoms with van der Waals surface area (Å²) in [5, 5.41) is 0. The van der Waals surface area contributed by atoms with Gasteiger partial charge in [0.2, 0.25) is 0 Å². The number of carbonyl (C=O) groups excluding carboxylic acids is 2. The van der Waals surface area contributed by atoms with Gasteiger partial charge in [-0.25, -0.2) is 9.18 Å². The number of rotatable bonds is 4. The second kappa shape index (κ2) is 7.26. The first-order chi connectivity index (χ1) is 11.2.